The van der Waals surface area contributed by atoms with Gasteiger partial charge in [-0.05, 0) is 68.4 Å². The molecule has 0 amide bonds. The maximum absolute atomic E-state index is 3.54. The standard InChI is InChI=1S/C15H21Br2N/c1-4-12(10-18-9-11(2)3)7-13-5-6-14(16)15(17)8-13/h5-8,11,18H,4,9-10H2,1-3H3/b12-7-. The van der Waals surface area contributed by atoms with Crippen LogP contribution in [0.3, 0.4) is 0 Å². The predicted molar refractivity (Wildman–Crippen MR) is 87.8 cm³/mol. The minimum absolute atomic E-state index is 0.699. The first kappa shape index (κ1) is 15.9. The van der Waals surface area contributed by atoms with Gasteiger partial charge in [-0.2, -0.15) is 0 Å². The lowest BCUT2D eigenvalue weighted by molar-refractivity contribution is 0.569. The van der Waals surface area contributed by atoms with E-state index in [9.17, 15) is 0 Å². The molecule has 1 rings (SSSR count). The summed E-state index contributed by atoms with van der Waals surface area (Å²) in [5.41, 5.74) is 2.68. The molecule has 0 aromatic heterocycles. The van der Waals surface area contributed by atoms with Crippen molar-refractivity contribution < 1.29 is 0 Å². The van der Waals surface area contributed by atoms with Crippen molar-refractivity contribution in [2.45, 2.75) is 27.2 Å². The number of rotatable bonds is 6. The molecular formula is C15H21Br2N. The van der Waals surface area contributed by atoms with Gasteiger partial charge in [-0.1, -0.05) is 38.5 Å². The highest BCUT2D eigenvalue weighted by atomic mass is 79.9. The Bertz CT molecular complexity index is 411. The quantitative estimate of drug-likeness (QED) is 0.716. The summed E-state index contributed by atoms with van der Waals surface area (Å²) in [5.74, 6) is 0.699. The van der Waals surface area contributed by atoms with Gasteiger partial charge in [0.15, 0.2) is 0 Å². The smallest absolute Gasteiger partial charge is 0.0323 e. The van der Waals surface area contributed by atoms with Crippen LogP contribution in [0.2, 0.25) is 0 Å². The molecular weight excluding hydrogens is 354 g/mol. The molecule has 1 nitrogen and oxygen atoms in total. The monoisotopic (exact) mass is 373 g/mol. The Morgan fingerprint density at radius 1 is 1.28 bits per heavy atom. The fourth-order valence-corrected chi connectivity index (χ4v) is 2.28. The summed E-state index contributed by atoms with van der Waals surface area (Å²) < 4.78 is 2.19. The van der Waals surface area contributed by atoms with Crippen LogP contribution in [0.15, 0.2) is 32.7 Å². The second-order valence-electron chi connectivity index (χ2n) is 4.85. The molecule has 100 valence electrons. The van der Waals surface area contributed by atoms with E-state index in [1.807, 2.05) is 0 Å². The molecule has 0 fully saturated rings. The van der Waals surface area contributed by atoms with E-state index < -0.39 is 0 Å². The molecule has 0 saturated carbocycles. The van der Waals surface area contributed by atoms with E-state index >= 15 is 0 Å². The van der Waals surface area contributed by atoms with Gasteiger partial charge >= 0.3 is 0 Å². The summed E-state index contributed by atoms with van der Waals surface area (Å²) in [6, 6.07) is 6.35. The summed E-state index contributed by atoms with van der Waals surface area (Å²) in [6.07, 6.45) is 3.35. The Labute approximate surface area is 127 Å². The number of halogens is 2. The molecule has 3 heteroatoms. The predicted octanol–water partition coefficient (Wildman–Crippen LogP) is 5.25. The van der Waals surface area contributed by atoms with Crippen LogP contribution >= 0.6 is 31.9 Å². The summed E-state index contributed by atoms with van der Waals surface area (Å²) >= 11 is 7.03. The van der Waals surface area contributed by atoms with Crippen molar-refractivity contribution in [3.63, 3.8) is 0 Å². The fraction of sp³-hybridized carbons (Fsp3) is 0.467. The van der Waals surface area contributed by atoms with Crippen LogP contribution in [-0.4, -0.2) is 13.1 Å². The van der Waals surface area contributed by atoms with Crippen LogP contribution < -0.4 is 5.32 Å². The highest BCUT2D eigenvalue weighted by Crippen LogP contribution is 2.25. The molecule has 1 aromatic carbocycles. The molecule has 0 heterocycles. The van der Waals surface area contributed by atoms with Crippen molar-refractivity contribution in [3.05, 3.63) is 38.3 Å². The van der Waals surface area contributed by atoms with E-state index in [1.54, 1.807) is 0 Å². The van der Waals surface area contributed by atoms with E-state index in [0.29, 0.717) is 5.92 Å². The zero-order valence-corrected chi connectivity index (χ0v) is 14.4. The zero-order chi connectivity index (χ0) is 13.5. The van der Waals surface area contributed by atoms with E-state index in [0.717, 1.165) is 28.5 Å². The summed E-state index contributed by atoms with van der Waals surface area (Å²) in [4.78, 5) is 0. The van der Waals surface area contributed by atoms with Crippen LogP contribution in [0.5, 0.6) is 0 Å². The average Bonchev–Trinajstić information content (AvgIpc) is 2.32. The molecule has 0 radical (unpaired) electrons. The Hall–Kier alpha value is -0.120. The van der Waals surface area contributed by atoms with Gasteiger partial charge in [-0.25, -0.2) is 0 Å². The topological polar surface area (TPSA) is 12.0 Å². The Kier molecular flexibility index (Phi) is 7.20. The van der Waals surface area contributed by atoms with Gasteiger partial charge in [0, 0.05) is 15.5 Å². The Balaban J connectivity index is 2.68. The number of benzene rings is 1. The first-order chi connectivity index (χ1) is 8.52. The first-order valence-electron chi connectivity index (χ1n) is 6.38. The third kappa shape index (κ3) is 5.68. The van der Waals surface area contributed by atoms with Crippen molar-refractivity contribution in [2.24, 2.45) is 5.92 Å². The van der Waals surface area contributed by atoms with Crippen LogP contribution in [0.4, 0.5) is 0 Å². The third-order valence-corrected chi connectivity index (χ3v) is 4.55. The fourth-order valence-electron chi connectivity index (χ4n) is 1.64. The molecule has 0 bridgehead atoms. The molecule has 1 aromatic rings. The van der Waals surface area contributed by atoms with E-state index in [-0.39, 0.29) is 0 Å². The normalized spacial score (nSPS) is 12.2. The van der Waals surface area contributed by atoms with E-state index in [1.165, 1.54) is 11.1 Å². The molecule has 1 N–H and O–H groups in total. The molecule has 0 unspecified atom stereocenters. The number of hydrogen-bond acceptors (Lipinski definition) is 1. The molecule has 18 heavy (non-hydrogen) atoms. The average molecular weight is 375 g/mol. The number of nitrogens with one attached hydrogen (secondary N) is 1. The van der Waals surface area contributed by atoms with Gasteiger partial charge in [-0.3, -0.25) is 0 Å². The molecule has 0 atom stereocenters. The van der Waals surface area contributed by atoms with Crippen LogP contribution in [0.1, 0.15) is 32.8 Å². The SMILES string of the molecule is CC/C(=C/c1ccc(Br)c(Br)c1)CNCC(C)C. The minimum atomic E-state index is 0.699. The minimum Gasteiger partial charge on any atom is -0.313 e. The second kappa shape index (κ2) is 8.13. The lowest BCUT2D eigenvalue weighted by atomic mass is 10.1. The molecule has 0 aliphatic rings. The van der Waals surface area contributed by atoms with Crippen molar-refractivity contribution in [1.29, 1.82) is 0 Å². The van der Waals surface area contributed by atoms with Crippen molar-refractivity contribution in [1.82, 2.24) is 5.32 Å². The summed E-state index contributed by atoms with van der Waals surface area (Å²) in [6.45, 7) is 8.71. The first-order valence-corrected chi connectivity index (χ1v) is 7.96. The van der Waals surface area contributed by atoms with Gasteiger partial charge < -0.3 is 5.32 Å². The molecule has 0 saturated heterocycles. The Morgan fingerprint density at radius 3 is 2.56 bits per heavy atom. The van der Waals surface area contributed by atoms with Gasteiger partial charge in [-0.15, -0.1) is 0 Å². The number of hydrogen-bond donors (Lipinski definition) is 1. The second-order valence-corrected chi connectivity index (χ2v) is 6.56. The van der Waals surface area contributed by atoms with Crippen molar-refractivity contribution >= 4 is 37.9 Å². The lowest BCUT2D eigenvalue weighted by Gasteiger charge is -2.10. The zero-order valence-electron chi connectivity index (χ0n) is 11.3. The highest BCUT2D eigenvalue weighted by Gasteiger charge is 2.00. The van der Waals surface area contributed by atoms with Crippen LogP contribution in [-0.2, 0) is 0 Å². The maximum atomic E-state index is 3.54. The van der Waals surface area contributed by atoms with Gasteiger partial charge in [0.2, 0.25) is 0 Å². The highest BCUT2D eigenvalue weighted by molar-refractivity contribution is 9.13. The van der Waals surface area contributed by atoms with E-state index in [2.05, 4.69) is 82.2 Å². The molecule has 0 spiro atoms. The van der Waals surface area contributed by atoms with Gasteiger partial charge in [0.25, 0.3) is 0 Å². The van der Waals surface area contributed by atoms with Crippen LogP contribution in [0.25, 0.3) is 6.08 Å². The largest absolute Gasteiger partial charge is 0.313 e. The Morgan fingerprint density at radius 2 is 2.00 bits per heavy atom. The maximum Gasteiger partial charge on any atom is 0.0323 e. The van der Waals surface area contributed by atoms with Crippen LogP contribution in [0, 0.1) is 5.92 Å². The molecule has 0 aliphatic carbocycles. The van der Waals surface area contributed by atoms with E-state index in [4.69, 9.17) is 0 Å². The summed E-state index contributed by atoms with van der Waals surface area (Å²) in [5, 5.41) is 3.49. The third-order valence-electron chi connectivity index (χ3n) is 2.67. The lowest BCUT2D eigenvalue weighted by Crippen LogP contribution is -2.21. The molecule has 0 aliphatic heterocycles. The van der Waals surface area contributed by atoms with Gasteiger partial charge in [0.1, 0.15) is 0 Å². The van der Waals surface area contributed by atoms with Crippen molar-refractivity contribution in [2.75, 3.05) is 13.1 Å². The summed E-state index contributed by atoms with van der Waals surface area (Å²) in [7, 11) is 0. The van der Waals surface area contributed by atoms with Crippen molar-refractivity contribution in [3.8, 4) is 0 Å². The van der Waals surface area contributed by atoms with Gasteiger partial charge in [0.05, 0.1) is 0 Å².